The van der Waals surface area contributed by atoms with Crippen LogP contribution in [0, 0.1) is 34.9 Å². The number of nitrogens with two attached hydrogens (primary N) is 1. The van der Waals surface area contributed by atoms with Gasteiger partial charge in [-0.15, -0.1) is 0 Å². The molecule has 0 spiro atoms. The Hall–Kier alpha value is -2.26. The van der Waals surface area contributed by atoms with Crippen LogP contribution >= 0.6 is 11.6 Å². The summed E-state index contributed by atoms with van der Waals surface area (Å²) >= 11 is 5.99. The predicted molar refractivity (Wildman–Crippen MR) is 134 cm³/mol. The Labute approximate surface area is 221 Å². The molecule has 4 aliphatic rings. The Kier molecular flexibility index (Phi) is 6.98. The molecule has 0 aromatic heterocycles. The minimum Gasteiger partial charge on any atom is -0.368 e. The summed E-state index contributed by atoms with van der Waals surface area (Å²) in [6.45, 7) is 0.908. The highest BCUT2D eigenvalue weighted by Crippen LogP contribution is 2.54. The van der Waals surface area contributed by atoms with Gasteiger partial charge in [-0.1, -0.05) is 17.7 Å². The van der Waals surface area contributed by atoms with Gasteiger partial charge in [0.1, 0.15) is 11.4 Å². The Morgan fingerprint density at radius 2 is 1.86 bits per heavy atom. The number of hydrogen-bond donors (Lipinski definition) is 1. The summed E-state index contributed by atoms with van der Waals surface area (Å²) in [4.78, 5) is 28.7. The quantitative estimate of drug-likeness (QED) is 0.556. The van der Waals surface area contributed by atoms with Crippen molar-refractivity contribution < 1.29 is 22.4 Å². The molecule has 2 N–H and O–H groups in total. The van der Waals surface area contributed by atoms with Crippen molar-refractivity contribution in [3.8, 4) is 6.07 Å². The molecular formula is C25H31ClFN5O4S. The number of likely N-dealkylation sites (tertiary alicyclic amines) is 1. The lowest BCUT2D eigenvalue weighted by atomic mass is 9.73. The lowest BCUT2D eigenvalue weighted by Crippen LogP contribution is -2.62. The second-order valence-electron chi connectivity index (χ2n) is 10.7. The summed E-state index contributed by atoms with van der Waals surface area (Å²) in [7, 11) is -3.78. The highest BCUT2D eigenvalue weighted by atomic mass is 35.5. The van der Waals surface area contributed by atoms with Crippen LogP contribution in [-0.4, -0.2) is 72.0 Å². The molecule has 5 rings (SSSR count). The number of nitrogens with zero attached hydrogens (tertiary/aromatic N) is 4. The van der Waals surface area contributed by atoms with Crippen LogP contribution in [0.25, 0.3) is 0 Å². The van der Waals surface area contributed by atoms with Crippen molar-refractivity contribution in [1.29, 1.82) is 5.26 Å². The number of benzene rings is 1. The van der Waals surface area contributed by atoms with Crippen LogP contribution in [0.3, 0.4) is 0 Å². The van der Waals surface area contributed by atoms with Crippen LogP contribution in [-0.2, 0) is 19.8 Å². The van der Waals surface area contributed by atoms with Gasteiger partial charge >= 0.3 is 0 Å². The molecule has 0 radical (unpaired) electrons. The van der Waals surface area contributed by atoms with E-state index in [-0.39, 0.29) is 42.4 Å². The first-order valence-electron chi connectivity index (χ1n) is 12.8. The minimum absolute atomic E-state index is 0.00360. The summed E-state index contributed by atoms with van der Waals surface area (Å²) in [6.07, 6.45) is 3.47. The molecular weight excluding hydrogens is 521 g/mol. The summed E-state index contributed by atoms with van der Waals surface area (Å²) in [5.41, 5.74) is 4.99. The van der Waals surface area contributed by atoms with E-state index in [9.17, 15) is 18.0 Å². The standard InChI is InChI=1S/C25H31ClFN5O4S/c26-19-6-7-20(21(27)11-19)22(17-4-5-17)25(24(29)34)8-2-10-32(25)23(33)18-3-1-9-30(15-18)37(35,36)31-13-16(12-28)14-31/h6-7,11,16-18,22H,1-5,8-10,13-15H2,(H2,29,34)/t18-,22+,25-/m0/s1. The van der Waals surface area contributed by atoms with Crippen LogP contribution in [0.5, 0.6) is 0 Å². The van der Waals surface area contributed by atoms with Crippen molar-refractivity contribution >= 4 is 33.6 Å². The number of piperidine rings is 1. The van der Waals surface area contributed by atoms with Gasteiger partial charge in [0, 0.05) is 43.7 Å². The van der Waals surface area contributed by atoms with Crippen LogP contribution in [0.15, 0.2) is 18.2 Å². The van der Waals surface area contributed by atoms with Gasteiger partial charge in [-0.05, 0) is 62.1 Å². The topological polar surface area (TPSA) is 128 Å². The normalized spacial score (nSPS) is 28.5. The number of carbonyl (C=O) groups excluding carboxylic acids is 2. The Morgan fingerprint density at radius 1 is 1.14 bits per heavy atom. The van der Waals surface area contributed by atoms with Crippen LogP contribution in [0.4, 0.5) is 4.39 Å². The van der Waals surface area contributed by atoms with Crippen molar-refractivity contribution in [3.63, 3.8) is 0 Å². The van der Waals surface area contributed by atoms with Gasteiger partial charge in [-0.2, -0.15) is 22.3 Å². The van der Waals surface area contributed by atoms with Crippen LogP contribution in [0.1, 0.15) is 50.0 Å². The Bertz CT molecular complexity index is 1250. The summed E-state index contributed by atoms with van der Waals surface area (Å²) in [5, 5.41) is 9.25. The highest BCUT2D eigenvalue weighted by molar-refractivity contribution is 7.86. The molecule has 2 amide bonds. The Morgan fingerprint density at radius 3 is 2.49 bits per heavy atom. The van der Waals surface area contributed by atoms with Crippen molar-refractivity contribution in [2.45, 2.75) is 50.0 Å². The lowest BCUT2D eigenvalue weighted by molar-refractivity contribution is -0.149. The molecule has 12 heteroatoms. The fraction of sp³-hybridized carbons (Fsp3) is 0.640. The van der Waals surface area contributed by atoms with E-state index in [1.807, 2.05) is 0 Å². The van der Waals surface area contributed by atoms with E-state index in [1.165, 1.54) is 19.6 Å². The highest BCUT2D eigenvalue weighted by Gasteiger charge is 2.59. The van der Waals surface area contributed by atoms with E-state index in [2.05, 4.69) is 6.07 Å². The number of carbonyl (C=O) groups is 2. The number of rotatable bonds is 7. The number of primary amides is 1. The first-order valence-corrected chi connectivity index (χ1v) is 14.6. The zero-order chi connectivity index (χ0) is 26.5. The number of nitriles is 1. The van der Waals surface area contributed by atoms with Crippen LogP contribution < -0.4 is 5.73 Å². The van der Waals surface area contributed by atoms with E-state index < -0.39 is 39.3 Å². The molecule has 0 unspecified atom stereocenters. The van der Waals surface area contributed by atoms with E-state index >= 15 is 4.39 Å². The third-order valence-electron chi connectivity index (χ3n) is 8.44. The first-order chi connectivity index (χ1) is 17.6. The zero-order valence-corrected chi connectivity index (χ0v) is 22.1. The maximum absolute atomic E-state index is 15.2. The lowest BCUT2D eigenvalue weighted by Gasteiger charge is -2.45. The van der Waals surface area contributed by atoms with Gasteiger partial charge < -0.3 is 10.6 Å². The molecule has 4 fully saturated rings. The fourth-order valence-corrected chi connectivity index (χ4v) is 8.36. The average Bonchev–Trinajstić information content (AvgIpc) is 3.56. The van der Waals surface area contributed by atoms with Gasteiger partial charge in [0.15, 0.2) is 0 Å². The van der Waals surface area contributed by atoms with E-state index in [1.54, 1.807) is 12.1 Å². The zero-order valence-electron chi connectivity index (χ0n) is 20.5. The number of hydrogen-bond acceptors (Lipinski definition) is 5. The SMILES string of the molecule is N#CC1CN(S(=O)(=O)N2CCC[C@H](C(=O)N3CCC[C@@]3(C(N)=O)[C@@H](c3ccc(Cl)cc3F)C3CC3)C2)C1. The van der Waals surface area contributed by atoms with Gasteiger partial charge in [0.2, 0.25) is 11.8 Å². The van der Waals surface area contributed by atoms with Crippen LogP contribution in [0.2, 0.25) is 5.02 Å². The summed E-state index contributed by atoms with van der Waals surface area (Å²) in [5.74, 6) is -3.03. The molecule has 3 heterocycles. The molecule has 3 aliphatic heterocycles. The van der Waals surface area contributed by atoms with Gasteiger partial charge in [0.25, 0.3) is 10.2 Å². The second-order valence-corrected chi connectivity index (χ2v) is 13.1. The van der Waals surface area contributed by atoms with E-state index in [0.717, 1.165) is 12.8 Å². The molecule has 1 aliphatic carbocycles. The summed E-state index contributed by atoms with van der Waals surface area (Å²) < 4.78 is 44.0. The first kappa shape index (κ1) is 26.4. The predicted octanol–water partition coefficient (Wildman–Crippen LogP) is 2.23. The molecule has 37 heavy (non-hydrogen) atoms. The van der Waals surface area contributed by atoms with Gasteiger partial charge in [-0.3, -0.25) is 9.59 Å². The minimum atomic E-state index is -3.78. The maximum Gasteiger partial charge on any atom is 0.282 e. The number of amides is 2. The average molecular weight is 552 g/mol. The monoisotopic (exact) mass is 551 g/mol. The summed E-state index contributed by atoms with van der Waals surface area (Å²) in [6, 6.07) is 6.46. The maximum atomic E-state index is 15.2. The molecule has 1 aromatic rings. The van der Waals surface area contributed by atoms with Crippen molar-refractivity contribution in [2.75, 3.05) is 32.7 Å². The smallest absolute Gasteiger partial charge is 0.282 e. The second kappa shape index (κ2) is 9.80. The largest absolute Gasteiger partial charge is 0.368 e. The van der Waals surface area contributed by atoms with Gasteiger partial charge in [0.05, 0.1) is 17.9 Å². The number of halogens is 2. The molecule has 1 aromatic carbocycles. The fourth-order valence-electron chi connectivity index (χ4n) is 6.41. The van der Waals surface area contributed by atoms with Crippen molar-refractivity contribution in [3.05, 3.63) is 34.6 Å². The molecule has 0 bridgehead atoms. The molecule has 3 saturated heterocycles. The third kappa shape index (κ3) is 4.52. The molecule has 200 valence electrons. The van der Waals surface area contributed by atoms with Crippen molar-refractivity contribution in [1.82, 2.24) is 13.5 Å². The van der Waals surface area contributed by atoms with E-state index in [0.29, 0.717) is 44.3 Å². The van der Waals surface area contributed by atoms with Gasteiger partial charge in [-0.25, -0.2) is 4.39 Å². The molecule has 3 atom stereocenters. The molecule has 1 saturated carbocycles. The van der Waals surface area contributed by atoms with E-state index in [4.69, 9.17) is 22.6 Å². The Balaban J connectivity index is 1.43. The molecule has 9 nitrogen and oxygen atoms in total. The van der Waals surface area contributed by atoms with Crippen molar-refractivity contribution in [2.24, 2.45) is 23.5 Å². The third-order valence-corrected chi connectivity index (χ3v) is 10.6.